The van der Waals surface area contributed by atoms with Crippen molar-refractivity contribution in [1.82, 2.24) is 10.2 Å². The maximum atomic E-state index is 12.7. The molecular weight excluding hydrogens is 324 g/mol. The number of benzene rings is 2. The Labute approximate surface area is 156 Å². The predicted octanol–water partition coefficient (Wildman–Crippen LogP) is 3.93. The van der Waals surface area contributed by atoms with E-state index < -0.39 is 0 Å². The molecule has 4 nitrogen and oxygen atoms in total. The van der Waals surface area contributed by atoms with E-state index in [1.807, 2.05) is 54.6 Å². The van der Waals surface area contributed by atoms with Gasteiger partial charge in [0.25, 0.3) is 5.91 Å². The molecule has 2 aromatic carbocycles. The molecule has 2 amide bonds. The number of nitrogens with one attached hydrogen (secondary N) is 1. The van der Waals surface area contributed by atoms with Crippen LogP contribution in [0.1, 0.15) is 54.7 Å². The fraction of sp³-hybridized carbons (Fsp3) is 0.364. The summed E-state index contributed by atoms with van der Waals surface area (Å²) in [6, 6.07) is 16.9. The third-order valence-electron chi connectivity index (χ3n) is 4.40. The fourth-order valence-corrected chi connectivity index (χ4v) is 2.66. The highest BCUT2D eigenvalue weighted by molar-refractivity contribution is 5.94. The summed E-state index contributed by atoms with van der Waals surface area (Å²) in [6.07, 6.45) is 0.225. The highest BCUT2D eigenvalue weighted by Crippen LogP contribution is 2.23. The van der Waals surface area contributed by atoms with Crippen LogP contribution in [0.25, 0.3) is 0 Å². The third kappa shape index (κ3) is 5.19. The van der Waals surface area contributed by atoms with Crippen LogP contribution in [0, 0.1) is 0 Å². The minimum absolute atomic E-state index is 0.0257. The van der Waals surface area contributed by atoms with E-state index in [1.165, 1.54) is 5.56 Å². The van der Waals surface area contributed by atoms with Gasteiger partial charge in [0, 0.05) is 19.7 Å². The van der Waals surface area contributed by atoms with E-state index in [-0.39, 0.29) is 29.7 Å². The molecule has 2 aromatic rings. The first-order valence-electron chi connectivity index (χ1n) is 8.85. The van der Waals surface area contributed by atoms with Crippen molar-refractivity contribution >= 4 is 11.8 Å². The molecule has 4 heteroatoms. The van der Waals surface area contributed by atoms with Gasteiger partial charge < -0.3 is 10.2 Å². The maximum Gasteiger partial charge on any atom is 0.251 e. The Morgan fingerprint density at radius 2 is 1.54 bits per heavy atom. The molecular formula is C22H28N2O2. The monoisotopic (exact) mass is 352 g/mol. The van der Waals surface area contributed by atoms with Gasteiger partial charge in [0.05, 0.1) is 12.5 Å². The zero-order valence-corrected chi connectivity index (χ0v) is 16.2. The van der Waals surface area contributed by atoms with Crippen LogP contribution >= 0.6 is 0 Å². The molecule has 0 spiro atoms. The highest BCUT2D eigenvalue weighted by atomic mass is 16.2. The second-order valence-corrected chi connectivity index (χ2v) is 7.76. The average Bonchev–Trinajstić information content (AvgIpc) is 2.61. The van der Waals surface area contributed by atoms with Gasteiger partial charge in [-0.3, -0.25) is 9.59 Å². The number of carbonyl (C=O) groups excluding carboxylic acids is 2. The number of carbonyl (C=O) groups is 2. The molecule has 0 aromatic heterocycles. The minimum Gasteiger partial charge on any atom is -0.349 e. The Morgan fingerprint density at radius 3 is 2.04 bits per heavy atom. The zero-order valence-electron chi connectivity index (χ0n) is 16.2. The minimum atomic E-state index is -0.360. The van der Waals surface area contributed by atoms with Crippen LogP contribution in [-0.4, -0.2) is 30.8 Å². The molecule has 0 bridgehead atoms. The van der Waals surface area contributed by atoms with Crippen molar-refractivity contribution in [3.63, 3.8) is 0 Å². The number of amides is 2. The number of nitrogens with zero attached hydrogens (tertiary/aromatic N) is 1. The van der Waals surface area contributed by atoms with Crippen molar-refractivity contribution in [1.29, 1.82) is 0 Å². The number of rotatable bonds is 5. The summed E-state index contributed by atoms with van der Waals surface area (Å²) in [4.78, 5) is 26.4. The zero-order chi connectivity index (χ0) is 19.3. The summed E-state index contributed by atoms with van der Waals surface area (Å²) >= 11 is 0. The summed E-state index contributed by atoms with van der Waals surface area (Å²) in [7, 11) is 3.44. The van der Waals surface area contributed by atoms with Crippen LogP contribution in [0.4, 0.5) is 0 Å². The summed E-state index contributed by atoms with van der Waals surface area (Å²) < 4.78 is 0. The second kappa shape index (κ2) is 8.17. The van der Waals surface area contributed by atoms with Crippen LogP contribution in [0.3, 0.4) is 0 Å². The Kier molecular flexibility index (Phi) is 6.19. The van der Waals surface area contributed by atoms with E-state index in [0.717, 1.165) is 5.56 Å². The quantitative estimate of drug-likeness (QED) is 0.886. The Bertz CT molecular complexity index is 744. The summed E-state index contributed by atoms with van der Waals surface area (Å²) in [5.41, 5.74) is 2.73. The lowest BCUT2D eigenvalue weighted by molar-refractivity contribution is -0.129. The molecule has 0 saturated heterocycles. The van der Waals surface area contributed by atoms with Gasteiger partial charge in [0.15, 0.2) is 0 Å². The van der Waals surface area contributed by atoms with Gasteiger partial charge >= 0.3 is 0 Å². The van der Waals surface area contributed by atoms with E-state index >= 15 is 0 Å². The van der Waals surface area contributed by atoms with Crippen LogP contribution in [0.2, 0.25) is 0 Å². The molecule has 0 aliphatic rings. The van der Waals surface area contributed by atoms with E-state index in [2.05, 4.69) is 26.1 Å². The molecule has 0 fully saturated rings. The highest BCUT2D eigenvalue weighted by Gasteiger charge is 2.20. The first kappa shape index (κ1) is 19.7. The standard InChI is InChI=1S/C22H28N2O2/c1-22(2,3)18-13-11-17(12-14-18)21(26)23-19(15-20(25)24(4)5)16-9-7-6-8-10-16/h6-14,19H,15H2,1-5H3,(H,23,26)/t19-/m0/s1. The summed E-state index contributed by atoms with van der Waals surface area (Å²) in [5, 5.41) is 3.01. The van der Waals surface area contributed by atoms with E-state index in [1.54, 1.807) is 19.0 Å². The van der Waals surface area contributed by atoms with Gasteiger partial charge in [-0.05, 0) is 28.7 Å². The lowest BCUT2D eigenvalue weighted by Crippen LogP contribution is -2.33. The normalized spacial score (nSPS) is 12.3. The molecule has 26 heavy (non-hydrogen) atoms. The van der Waals surface area contributed by atoms with E-state index in [0.29, 0.717) is 5.56 Å². The van der Waals surface area contributed by atoms with E-state index in [9.17, 15) is 9.59 Å². The first-order chi connectivity index (χ1) is 12.2. The van der Waals surface area contributed by atoms with Crippen molar-refractivity contribution in [2.45, 2.75) is 38.6 Å². The van der Waals surface area contributed by atoms with E-state index in [4.69, 9.17) is 0 Å². The molecule has 0 heterocycles. The first-order valence-corrected chi connectivity index (χ1v) is 8.85. The molecule has 138 valence electrons. The Morgan fingerprint density at radius 1 is 0.962 bits per heavy atom. The van der Waals surface area contributed by atoms with Gasteiger partial charge in [-0.1, -0.05) is 63.2 Å². The molecule has 0 unspecified atom stereocenters. The summed E-state index contributed by atoms with van der Waals surface area (Å²) in [5.74, 6) is -0.201. The molecule has 0 aliphatic carbocycles. The summed E-state index contributed by atoms with van der Waals surface area (Å²) in [6.45, 7) is 6.42. The maximum absolute atomic E-state index is 12.7. The van der Waals surface area contributed by atoms with Crippen LogP contribution in [0.15, 0.2) is 54.6 Å². The van der Waals surface area contributed by atoms with Gasteiger partial charge in [-0.15, -0.1) is 0 Å². The molecule has 1 atom stereocenters. The van der Waals surface area contributed by atoms with Crippen molar-refractivity contribution in [2.24, 2.45) is 0 Å². The van der Waals surface area contributed by atoms with Crippen molar-refractivity contribution < 1.29 is 9.59 Å². The van der Waals surface area contributed by atoms with Crippen LogP contribution < -0.4 is 5.32 Å². The smallest absolute Gasteiger partial charge is 0.251 e. The average molecular weight is 352 g/mol. The largest absolute Gasteiger partial charge is 0.349 e. The van der Waals surface area contributed by atoms with Crippen LogP contribution in [-0.2, 0) is 10.2 Å². The Balaban J connectivity index is 2.19. The predicted molar refractivity (Wildman–Crippen MR) is 105 cm³/mol. The SMILES string of the molecule is CN(C)C(=O)C[C@H](NC(=O)c1ccc(C(C)(C)C)cc1)c1ccccc1. The van der Waals surface area contributed by atoms with Crippen LogP contribution in [0.5, 0.6) is 0 Å². The lowest BCUT2D eigenvalue weighted by Gasteiger charge is -2.22. The molecule has 0 saturated carbocycles. The topological polar surface area (TPSA) is 49.4 Å². The van der Waals surface area contributed by atoms with Gasteiger partial charge in [0.2, 0.25) is 5.91 Å². The number of hydrogen-bond acceptors (Lipinski definition) is 2. The Hall–Kier alpha value is -2.62. The second-order valence-electron chi connectivity index (χ2n) is 7.76. The lowest BCUT2D eigenvalue weighted by atomic mass is 9.86. The molecule has 0 radical (unpaired) electrons. The number of hydrogen-bond donors (Lipinski definition) is 1. The van der Waals surface area contributed by atoms with Gasteiger partial charge in [-0.25, -0.2) is 0 Å². The molecule has 2 rings (SSSR count). The van der Waals surface area contributed by atoms with Gasteiger partial charge in [0.1, 0.15) is 0 Å². The van der Waals surface area contributed by atoms with Crippen molar-refractivity contribution in [3.05, 3.63) is 71.3 Å². The van der Waals surface area contributed by atoms with Gasteiger partial charge in [-0.2, -0.15) is 0 Å². The van der Waals surface area contributed by atoms with Crippen molar-refractivity contribution in [2.75, 3.05) is 14.1 Å². The third-order valence-corrected chi connectivity index (χ3v) is 4.40. The molecule has 0 aliphatic heterocycles. The van der Waals surface area contributed by atoms with Crippen molar-refractivity contribution in [3.8, 4) is 0 Å². The molecule has 1 N–H and O–H groups in total. The fourth-order valence-electron chi connectivity index (χ4n) is 2.66.